The van der Waals surface area contributed by atoms with E-state index in [0.717, 1.165) is 11.8 Å². The van der Waals surface area contributed by atoms with Crippen LogP contribution in [0.4, 0.5) is 5.69 Å². The third kappa shape index (κ3) is 5.73. The Bertz CT molecular complexity index is 893. The second-order valence-corrected chi connectivity index (χ2v) is 8.89. The maximum absolute atomic E-state index is 12.6. The molecule has 2 atom stereocenters. The Balaban J connectivity index is 2.02. The predicted molar refractivity (Wildman–Crippen MR) is 112 cm³/mol. The van der Waals surface area contributed by atoms with Crippen LogP contribution in [0.1, 0.15) is 37.4 Å². The Morgan fingerprint density at radius 3 is 2.18 bits per heavy atom. The van der Waals surface area contributed by atoms with E-state index in [4.69, 9.17) is 4.74 Å². The summed E-state index contributed by atoms with van der Waals surface area (Å²) in [5.74, 6) is 0.323. The van der Waals surface area contributed by atoms with Crippen molar-refractivity contribution >= 4 is 21.6 Å². The van der Waals surface area contributed by atoms with Crippen molar-refractivity contribution in [2.24, 2.45) is 0 Å². The van der Waals surface area contributed by atoms with Crippen LogP contribution in [0.3, 0.4) is 0 Å². The number of amides is 1. The number of anilines is 1. The van der Waals surface area contributed by atoms with E-state index in [1.54, 1.807) is 24.3 Å². The van der Waals surface area contributed by atoms with E-state index in [1.807, 2.05) is 45.0 Å². The van der Waals surface area contributed by atoms with Crippen molar-refractivity contribution in [3.05, 3.63) is 59.7 Å². The fraction of sp³-hybridized carbons (Fsp3) is 0.381. The molecule has 0 saturated carbocycles. The molecule has 0 radical (unpaired) electrons. The van der Waals surface area contributed by atoms with Gasteiger partial charge >= 0.3 is 0 Å². The molecular formula is C21H28N2O4S. The lowest BCUT2D eigenvalue weighted by molar-refractivity contribution is -0.128. The Kier molecular flexibility index (Phi) is 7.07. The standard InChI is InChI=1S/C21H28N2O4S/c1-6-20(21(24)22-16(3)17-9-7-15(2)8-10-17)27-19-13-11-18(12-14-19)23(4)28(5,25)26/h7-14,16,20H,6H2,1-5H3,(H,22,24). The maximum atomic E-state index is 12.6. The number of nitrogens with one attached hydrogen (secondary N) is 1. The zero-order valence-electron chi connectivity index (χ0n) is 17.0. The first kappa shape index (κ1) is 21.8. The minimum atomic E-state index is -3.32. The zero-order valence-corrected chi connectivity index (χ0v) is 17.8. The smallest absolute Gasteiger partial charge is 0.261 e. The lowest BCUT2D eigenvalue weighted by atomic mass is 10.1. The first-order chi connectivity index (χ1) is 13.1. The van der Waals surface area contributed by atoms with E-state index in [-0.39, 0.29) is 11.9 Å². The van der Waals surface area contributed by atoms with Gasteiger partial charge in [0.15, 0.2) is 6.10 Å². The quantitative estimate of drug-likeness (QED) is 0.731. The van der Waals surface area contributed by atoms with Crippen molar-refractivity contribution in [3.8, 4) is 5.75 Å². The number of carbonyl (C=O) groups excluding carboxylic acids is 1. The first-order valence-corrected chi connectivity index (χ1v) is 11.0. The second-order valence-electron chi connectivity index (χ2n) is 6.88. The van der Waals surface area contributed by atoms with Crippen LogP contribution < -0.4 is 14.4 Å². The van der Waals surface area contributed by atoms with Crippen molar-refractivity contribution in [2.75, 3.05) is 17.6 Å². The number of rotatable bonds is 8. The van der Waals surface area contributed by atoms with Gasteiger partial charge in [-0.3, -0.25) is 9.10 Å². The lowest BCUT2D eigenvalue weighted by Crippen LogP contribution is -2.39. The average Bonchev–Trinajstić information content (AvgIpc) is 2.65. The van der Waals surface area contributed by atoms with Crippen molar-refractivity contribution in [1.82, 2.24) is 5.32 Å². The molecule has 0 aliphatic carbocycles. The van der Waals surface area contributed by atoms with Crippen molar-refractivity contribution in [1.29, 1.82) is 0 Å². The molecule has 0 spiro atoms. The Morgan fingerprint density at radius 1 is 1.11 bits per heavy atom. The highest BCUT2D eigenvalue weighted by molar-refractivity contribution is 7.92. The monoisotopic (exact) mass is 404 g/mol. The van der Waals surface area contributed by atoms with E-state index in [2.05, 4.69) is 5.32 Å². The fourth-order valence-electron chi connectivity index (χ4n) is 2.66. The number of sulfonamides is 1. The lowest BCUT2D eigenvalue weighted by Gasteiger charge is -2.21. The number of carbonyl (C=O) groups is 1. The van der Waals surface area contributed by atoms with Gasteiger partial charge in [-0.25, -0.2) is 8.42 Å². The summed E-state index contributed by atoms with van der Waals surface area (Å²) in [7, 11) is -1.84. The van der Waals surface area contributed by atoms with Gasteiger partial charge in [-0.1, -0.05) is 36.8 Å². The molecule has 0 aliphatic heterocycles. The third-order valence-electron chi connectivity index (χ3n) is 4.58. The average molecular weight is 405 g/mol. The fourth-order valence-corrected chi connectivity index (χ4v) is 3.16. The van der Waals surface area contributed by atoms with Crippen LogP contribution in [0, 0.1) is 6.92 Å². The highest BCUT2D eigenvalue weighted by Gasteiger charge is 2.21. The van der Waals surface area contributed by atoms with Crippen molar-refractivity contribution < 1.29 is 17.9 Å². The normalized spacial score (nSPS) is 13.5. The minimum absolute atomic E-state index is 0.128. The van der Waals surface area contributed by atoms with Gasteiger partial charge in [0.2, 0.25) is 10.0 Å². The Labute approximate surface area is 167 Å². The molecule has 0 aromatic heterocycles. The van der Waals surface area contributed by atoms with Gasteiger partial charge in [0, 0.05) is 7.05 Å². The van der Waals surface area contributed by atoms with Crippen LogP contribution in [0.15, 0.2) is 48.5 Å². The molecule has 0 saturated heterocycles. The molecule has 6 nitrogen and oxygen atoms in total. The van der Waals surface area contributed by atoms with Crippen molar-refractivity contribution in [2.45, 2.75) is 39.3 Å². The van der Waals surface area contributed by atoms with Crippen LogP contribution in [-0.4, -0.2) is 33.7 Å². The van der Waals surface area contributed by atoms with Crippen LogP contribution in [0.5, 0.6) is 5.75 Å². The van der Waals surface area contributed by atoms with Gasteiger partial charge in [-0.2, -0.15) is 0 Å². The summed E-state index contributed by atoms with van der Waals surface area (Å²) < 4.78 is 30.2. The van der Waals surface area contributed by atoms with Crippen molar-refractivity contribution in [3.63, 3.8) is 0 Å². The van der Waals surface area contributed by atoms with E-state index < -0.39 is 16.1 Å². The van der Waals surface area contributed by atoms with E-state index in [0.29, 0.717) is 17.9 Å². The number of nitrogens with zero attached hydrogens (tertiary/aromatic N) is 1. The van der Waals surface area contributed by atoms with Gasteiger partial charge in [-0.05, 0) is 50.1 Å². The molecule has 28 heavy (non-hydrogen) atoms. The van der Waals surface area contributed by atoms with Crippen LogP contribution in [-0.2, 0) is 14.8 Å². The third-order valence-corrected chi connectivity index (χ3v) is 5.78. The van der Waals surface area contributed by atoms with Gasteiger partial charge in [-0.15, -0.1) is 0 Å². The van der Waals surface area contributed by atoms with Gasteiger partial charge in [0.1, 0.15) is 5.75 Å². The maximum Gasteiger partial charge on any atom is 0.261 e. The summed E-state index contributed by atoms with van der Waals surface area (Å²) in [5, 5.41) is 2.98. The molecule has 2 aromatic rings. The summed E-state index contributed by atoms with van der Waals surface area (Å²) in [6.45, 7) is 5.84. The van der Waals surface area contributed by atoms with Crippen LogP contribution in [0.2, 0.25) is 0 Å². The molecule has 0 heterocycles. The molecule has 2 rings (SSSR count). The Hall–Kier alpha value is -2.54. The number of benzene rings is 2. The van der Waals surface area contributed by atoms with Crippen LogP contribution >= 0.6 is 0 Å². The molecule has 0 fully saturated rings. The second kappa shape index (κ2) is 9.10. The van der Waals surface area contributed by atoms with Gasteiger partial charge in [0.05, 0.1) is 18.0 Å². The molecule has 1 amide bonds. The number of aryl methyl sites for hydroxylation is 1. The summed E-state index contributed by atoms with van der Waals surface area (Å²) >= 11 is 0. The molecule has 1 N–H and O–H groups in total. The van der Waals surface area contributed by atoms with Gasteiger partial charge in [0.25, 0.3) is 5.91 Å². The van der Waals surface area contributed by atoms with E-state index in [9.17, 15) is 13.2 Å². The SMILES string of the molecule is CCC(Oc1ccc(N(C)S(C)(=O)=O)cc1)C(=O)NC(C)c1ccc(C)cc1. The topological polar surface area (TPSA) is 75.7 Å². The summed E-state index contributed by atoms with van der Waals surface area (Å²) in [6, 6.07) is 14.5. The first-order valence-electron chi connectivity index (χ1n) is 9.19. The molecule has 152 valence electrons. The molecular weight excluding hydrogens is 376 g/mol. The number of hydrogen-bond acceptors (Lipinski definition) is 4. The molecule has 0 aliphatic rings. The van der Waals surface area contributed by atoms with E-state index >= 15 is 0 Å². The zero-order chi connectivity index (χ0) is 20.9. The summed E-state index contributed by atoms with van der Waals surface area (Å²) in [4.78, 5) is 12.6. The number of hydrogen-bond donors (Lipinski definition) is 1. The Morgan fingerprint density at radius 2 is 1.68 bits per heavy atom. The van der Waals surface area contributed by atoms with Gasteiger partial charge < -0.3 is 10.1 Å². The minimum Gasteiger partial charge on any atom is -0.481 e. The van der Waals surface area contributed by atoms with Crippen LogP contribution in [0.25, 0.3) is 0 Å². The predicted octanol–water partition coefficient (Wildman–Crippen LogP) is 3.43. The molecule has 2 unspecified atom stereocenters. The highest BCUT2D eigenvalue weighted by Crippen LogP contribution is 2.22. The molecule has 0 bridgehead atoms. The molecule has 2 aromatic carbocycles. The van der Waals surface area contributed by atoms with E-state index in [1.165, 1.54) is 16.9 Å². The highest BCUT2D eigenvalue weighted by atomic mass is 32.2. The number of ether oxygens (including phenoxy) is 1. The largest absolute Gasteiger partial charge is 0.481 e. The summed E-state index contributed by atoms with van der Waals surface area (Å²) in [5.41, 5.74) is 2.73. The summed E-state index contributed by atoms with van der Waals surface area (Å²) in [6.07, 6.45) is 1.02. The molecule has 7 heteroatoms.